The van der Waals surface area contributed by atoms with Crippen molar-refractivity contribution in [2.24, 2.45) is 0 Å². The van der Waals surface area contributed by atoms with Gasteiger partial charge in [0.15, 0.2) is 0 Å². The fourth-order valence-corrected chi connectivity index (χ4v) is 1.67. The minimum absolute atomic E-state index is 0.0542. The number of ether oxygens (including phenoxy) is 1. The molecule has 1 aromatic rings. The average molecular weight is 265 g/mol. The molecule has 0 saturated heterocycles. The smallest absolute Gasteiger partial charge is 0.325 e. The minimum atomic E-state index is -0.414. The molecule has 19 heavy (non-hydrogen) atoms. The van der Waals surface area contributed by atoms with Crippen molar-refractivity contribution in [2.45, 2.75) is 20.3 Å². The number of phenols is 1. The van der Waals surface area contributed by atoms with Crippen LogP contribution in [-0.4, -0.2) is 41.6 Å². The Balaban J connectivity index is 2.77. The maximum Gasteiger partial charge on any atom is 0.325 e. The summed E-state index contributed by atoms with van der Waals surface area (Å²) >= 11 is 0. The summed E-state index contributed by atoms with van der Waals surface area (Å²) in [5.74, 6) is -0.554. The van der Waals surface area contributed by atoms with Crippen LogP contribution >= 0.6 is 0 Å². The van der Waals surface area contributed by atoms with Crippen LogP contribution in [0.3, 0.4) is 0 Å². The van der Waals surface area contributed by atoms with Crippen LogP contribution in [0.15, 0.2) is 24.3 Å². The van der Waals surface area contributed by atoms with Crippen LogP contribution < -0.4 is 0 Å². The largest absolute Gasteiger partial charge is 0.508 e. The number of nitrogens with zero attached hydrogens (tertiary/aromatic N) is 1. The Morgan fingerprint density at radius 2 is 1.84 bits per heavy atom. The molecule has 1 rings (SSSR count). The molecule has 1 aromatic carbocycles. The van der Waals surface area contributed by atoms with E-state index in [-0.39, 0.29) is 18.2 Å². The maximum absolute atomic E-state index is 12.2. The van der Waals surface area contributed by atoms with Crippen molar-refractivity contribution in [3.05, 3.63) is 29.8 Å². The van der Waals surface area contributed by atoms with Crippen molar-refractivity contribution in [3.63, 3.8) is 0 Å². The number of benzene rings is 1. The Hall–Kier alpha value is -2.04. The van der Waals surface area contributed by atoms with E-state index in [0.29, 0.717) is 18.7 Å². The third-order valence-electron chi connectivity index (χ3n) is 2.52. The van der Waals surface area contributed by atoms with Crippen LogP contribution in [0.4, 0.5) is 0 Å². The second-order valence-electron chi connectivity index (χ2n) is 4.08. The molecule has 0 fully saturated rings. The first-order valence-corrected chi connectivity index (χ1v) is 6.32. The van der Waals surface area contributed by atoms with Gasteiger partial charge in [-0.3, -0.25) is 9.59 Å². The monoisotopic (exact) mass is 265 g/mol. The summed E-state index contributed by atoms with van der Waals surface area (Å²) in [7, 11) is 0. The third-order valence-corrected chi connectivity index (χ3v) is 2.52. The van der Waals surface area contributed by atoms with Gasteiger partial charge in [-0.15, -0.1) is 0 Å². The number of esters is 1. The van der Waals surface area contributed by atoms with E-state index < -0.39 is 5.97 Å². The Bertz CT molecular complexity index is 428. The van der Waals surface area contributed by atoms with Gasteiger partial charge in [0.2, 0.25) is 0 Å². The molecule has 0 radical (unpaired) electrons. The van der Waals surface area contributed by atoms with E-state index in [1.165, 1.54) is 29.2 Å². The number of phenolic OH excluding ortho intramolecular Hbond substituents is 1. The van der Waals surface area contributed by atoms with Gasteiger partial charge in [-0.05, 0) is 37.6 Å². The molecule has 0 aromatic heterocycles. The van der Waals surface area contributed by atoms with Gasteiger partial charge in [-0.25, -0.2) is 0 Å². The average Bonchev–Trinajstić information content (AvgIpc) is 2.38. The SMILES string of the molecule is CCCN(CC(=O)OCC)C(=O)c1ccc(O)cc1. The molecular weight excluding hydrogens is 246 g/mol. The molecule has 0 aliphatic heterocycles. The van der Waals surface area contributed by atoms with E-state index in [4.69, 9.17) is 4.74 Å². The van der Waals surface area contributed by atoms with Gasteiger partial charge < -0.3 is 14.7 Å². The summed E-state index contributed by atoms with van der Waals surface area (Å²) in [5, 5.41) is 9.20. The maximum atomic E-state index is 12.2. The van der Waals surface area contributed by atoms with Gasteiger partial charge in [0.25, 0.3) is 5.91 Å². The summed E-state index contributed by atoms with van der Waals surface area (Å²) in [5.41, 5.74) is 0.440. The van der Waals surface area contributed by atoms with Gasteiger partial charge in [-0.1, -0.05) is 6.92 Å². The van der Waals surface area contributed by atoms with Crippen molar-refractivity contribution in [1.82, 2.24) is 4.90 Å². The van der Waals surface area contributed by atoms with E-state index >= 15 is 0 Å². The molecule has 0 aliphatic rings. The van der Waals surface area contributed by atoms with Gasteiger partial charge in [0.1, 0.15) is 12.3 Å². The zero-order valence-electron chi connectivity index (χ0n) is 11.3. The van der Waals surface area contributed by atoms with E-state index in [2.05, 4.69) is 0 Å². The quantitative estimate of drug-likeness (QED) is 0.796. The molecule has 5 heteroatoms. The predicted molar refractivity (Wildman–Crippen MR) is 70.9 cm³/mol. The van der Waals surface area contributed by atoms with Crippen LogP contribution in [0, 0.1) is 0 Å². The Morgan fingerprint density at radius 3 is 2.37 bits per heavy atom. The first kappa shape index (κ1) is 15.0. The highest BCUT2D eigenvalue weighted by atomic mass is 16.5. The first-order valence-electron chi connectivity index (χ1n) is 6.32. The number of hydrogen-bond acceptors (Lipinski definition) is 4. The van der Waals surface area contributed by atoms with Crippen LogP contribution in [0.1, 0.15) is 30.6 Å². The molecule has 0 spiro atoms. The minimum Gasteiger partial charge on any atom is -0.508 e. The fraction of sp³-hybridized carbons (Fsp3) is 0.429. The lowest BCUT2D eigenvalue weighted by atomic mass is 10.2. The highest BCUT2D eigenvalue weighted by Crippen LogP contribution is 2.12. The first-order chi connectivity index (χ1) is 9.08. The van der Waals surface area contributed by atoms with Crippen molar-refractivity contribution in [2.75, 3.05) is 19.7 Å². The second kappa shape index (κ2) is 7.41. The Kier molecular flexibility index (Phi) is 5.85. The van der Waals surface area contributed by atoms with Crippen molar-refractivity contribution in [1.29, 1.82) is 0 Å². The molecule has 1 amide bonds. The van der Waals surface area contributed by atoms with Gasteiger partial charge in [0.05, 0.1) is 6.61 Å². The van der Waals surface area contributed by atoms with E-state index in [9.17, 15) is 14.7 Å². The predicted octanol–water partition coefficient (Wildman–Crippen LogP) is 1.81. The number of carbonyl (C=O) groups is 2. The van der Waals surface area contributed by atoms with Crippen LogP contribution in [0.5, 0.6) is 5.75 Å². The van der Waals surface area contributed by atoms with E-state index in [1.807, 2.05) is 6.92 Å². The zero-order chi connectivity index (χ0) is 14.3. The molecule has 104 valence electrons. The number of hydrogen-bond donors (Lipinski definition) is 1. The van der Waals surface area contributed by atoms with Crippen LogP contribution in [0.2, 0.25) is 0 Å². The summed E-state index contributed by atoms with van der Waals surface area (Å²) < 4.78 is 4.85. The van der Waals surface area contributed by atoms with Crippen molar-refractivity contribution < 1.29 is 19.4 Å². The lowest BCUT2D eigenvalue weighted by Crippen LogP contribution is -2.37. The zero-order valence-corrected chi connectivity index (χ0v) is 11.3. The number of amides is 1. The molecule has 0 saturated carbocycles. The molecule has 0 atom stereocenters. The molecule has 5 nitrogen and oxygen atoms in total. The van der Waals surface area contributed by atoms with Gasteiger partial charge in [-0.2, -0.15) is 0 Å². The van der Waals surface area contributed by atoms with E-state index in [0.717, 1.165) is 6.42 Å². The molecule has 0 bridgehead atoms. The van der Waals surface area contributed by atoms with Gasteiger partial charge >= 0.3 is 5.97 Å². The Labute approximate surface area is 112 Å². The highest BCUT2D eigenvalue weighted by molar-refractivity contribution is 5.96. The van der Waals surface area contributed by atoms with Crippen LogP contribution in [-0.2, 0) is 9.53 Å². The number of carbonyl (C=O) groups excluding carboxylic acids is 2. The molecule has 1 N–H and O–H groups in total. The third kappa shape index (κ3) is 4.62. The molecule has 0 aliphatic carbocycles. The highest BCUT2D eigenvalue weighted by Gasteiger charge is 2.18. The lowest BCUT2D eigenvalue weighted by Gasteiger charge is -2.21. The summed E-state index contributed by atoms with van der Waals surface area (Å²) in [6.45, 7) is 4.39. The summed E-state index contributed by atoms with van der Waals surface area (Å²) in [4.78, 5) is 25.1. The van der Waals surface area contributed by atoms with E-state index in [1.54, 1.807) is 6.92 Å². The normalized spacial score (nSPS) is 10.0. The molecule has 0 heterocycles. The summed E-state index contributed by atoms with van der Waals surface area (Å²) in [6, 6.07) is 5.96. The standard InChI is InChI=1S/C14H19NO4/c1-3-9-15(10-13(17)19-4-2)14(18)11-5-7-12(16)8-6-11/h5-8,16H,3-4,9-10H2,1-2H3. The number of aromatic hydroxyl groups is 1. The van der Waals surface area contributed by atoms with Gasteiger partial charge in [0, 0.05) is 12.1 Å². The van der Waals surface area contributed by atoms with Crippen molar-refractivity contribution in [3.8, 4) is 5.75 Å². The molecular formula is C14H19NO4. The van der Waals surface area contributed by atoms with Crippen LogP contribution in [0.25, 0.3) is 0 Å². The summed E-state index contributed by atoms with van der Waals surface area (Å²) in [6.07, 6.45) is 0.753. The lowest BCUT2D eigenvalue weighted by molar-refractivity contribution is -0.143. The second-order valence-corrected chi connectivity index (χ2v) is 4.08. The number of rotatable bonds is 6. The topological polar surface area (TPSA) is 66.8 Å². The van der Waals surface area contributed by atoms with Crippen molar-refractivity contribution >= 4 is 11.9 Å². The fourth-order valence-electron chi connectivity index (χ4n) is 1.67. The molecule has 0 unspecified atom stereocenters. The Morgan fingerprint density at radius 1 is 1.21 bits per heavy atom.